The van der Waals surface area contributed by atoms with Gasteiger partial charge >= 0.3 is 5.97 Å². The van der Waals surface area contributed by atoms with Crippen LogP contribution < -0.4 is 21.1 Å². The Morgan fingerprint density at radius 1 is 0.822 bits per heavy atom. The summed E-state index contributed by atoms with van der Waals surface area (Å²) in [4.78, 5) is 53.8. The third-order valence-electron chi connectivity index (χ3n) is 7.14. The van der Waals surface area contributed by atoms with Crippen molar-refractivity contribution in [1.29, 1.82) is 0 Å². The lowest BCUT2D eigenvalue weighted by molar-refractivity contribution is -0.142. The van der Waals surface area contributed by atoms with Gasteiger partial charge in [-0.25, -0.2) is 18.0 Å². The van der Waals surface area contributed by atoms with Crippen molar-refractivity contribution >= 4 is 34.6 Å². The Labute approximate surface area is 256 Å². The largest absolute Gasteiger partial charge is 0.418 e. The van der Waals surface area contributed by atoms with Crippen molar-refractivity contribution in [3.63, 3.8) is 0 Å². The first-order valence-corrected chi connectivity index (χ1v) is 14.6. The van der Waals surface area contributed by atoms with E-state index in [0.29, 0.717) is 12.0 Å². The van der Waals surface area contributed by atoms with Crippen molar-refractivity contribution in [2.24, 2.45) is 5.73 Å². The van der Waals surface area contributed by atoms with E-state index in [0.717, 1.165) is 49.4 Å². The molecule has 3 amide bonds. The van der Waals surface area contributed by atoms with Gasteiger partial charge in [-0.3, -0.25) is 14.4 Å². The van der Waals surface area contributed by atoms with Crippen LogP contribution in [0.4, 0.5) is 22.0 Å². The zero-order valence-electron chi connectivity index (χ0n) is 24.6. The maximum Gasteiger partial charge on any atom is 0.334 e. The van der Waals surface area contributed by atoms with Crippen LogP contribution in [0, 0.1) is 29.1 Å². The molecule has 5 N–H and O–H groups in total. The molecular formula is C31H35F5N4O5. The van der Waals surface area contributed by atoms with E-state index in [1.807, 2.05) is 0 Å². The number of ether oxygens (including phenoxy) is 1. The van der Waals surface area contributed by atoms with Crippen LogP contribution in [0.15, 0.2) is 30.5 Å². The Bertz CT molecular complexity index is 1500. The summed E-state index contributed by atoms with van der Waals surface area (Å²) < 4.78 is 73.4. The highest BCUT2D eigenvalue weighted by atomic mass is 19.2. The van der Waals surface area contributed by atoms with Crippen LogP contribution in [0.5, 0.6) is 5.75 Å². The summed E-state index contributed by atoms with van der Waals surface area (Å²) in [6.45, 7) is 2.11. The van der Waals surface area contributed by atoms with E-state index in [9.17, 15) is 41.1 Å². The van der Waals surface area contributed by atoms with Crippen molar-refractivity contribution in [1.82, 2.24) is 15.6 Å². The molecule has 244 valence electrons. The van der Waals surface area contributed by atoms with Crippen molar-refractivity contribution in [3.05, 3.63) is 65.1 Å². The maximum absolute atomic E-state index is 14.1. The number of hydrogen-bond acceptors (Lipinski definition) is 5. The minimum Gasteiger partial charge on any atom is -0.418 e. The van der Waals surface area contributed by atoms with Gasteiger partial charge in [0, 0.05) is 29.9 Å². The van der Waals surface area contributed by atoms with Gasteiger partial charge in [-0.15, -0.1) is 0 Å². The highest BCUT2D eigenvalue weighted by molar-refractivity contribution is 5.94. The number of carbonyl (C=O) groups excluding carboxylic acids is 4. The first-order valence-electron chi connectivity index (χ1n) is 14.6. The first kappa shape index (κ1) is 35.0. The van der Waals surface area contributed by atoms with Gasteiger partial charge in [0.1, 0.15) is 12.1 Å². The van der Waals surface area contributed by atoms with Crippen LogP contribution in [0.2, 0.25) is 0 Å². The highest BCUT2D eigenvalue weighted by Crippen LogP contribution is 2.29. The highest BCUT2D eigenvalue weighted by Gasteiger charge is 2.33. The lowest BCUT2D eigenvalue weighted by atomic mass is 10.0. The van der Waals surface area contributed by atoms with Crippen LogP contribution in [0.3, 0.4) is 0 Å². The molecule has 3 rings (SSSR count). The first-order chi connectivity index (χ1) is 21.4. The van der Waals surface area contributed by atoms with Crippen molar-refractivity contribution < 1.29 is 45.9 Å². The fraction of sp³-hybridized carbons (Fsp3) is 0.419. The second kappa shape index (κ2) is 16.5. The van der Waals surface area contributed by atoms with Gasteiger partial charge in [-0.2, -0.15) is 8.78 Å². The van der Waals surface area contributed by atoms with Gasteiger partial charge in [0.25, 0.3) is 0 Å². The zero-order chi connectivity index (χ0) is 33.1. The topological polar surface area (TPSA) is 143 Å². The fourth-order valence-corrected chi connectivity index (χ4v) is 4.75. The number of fused-ring (bicyclic) bond motifs is 1. The second-order valence-electron chi connectivity index (χ2n) is 10.6. The molecule has 14 heteroatoms. The number of primary amides is 1. The summed E-state index contributed by atoms with van der Waals surface area (Å²) >= 11 is 0. The number of unbranched alkanes of at least 4 members (excludes halogenated alkanes) is 6. The van der Waals surface area contributed by atoms with E-state index in [4.69, 9.17) is 5.73 Å². The molecule has 0 aliphatic carbocycles. The molecule has 0 aliphatic rings. The summed E-state index contributed by atoms with van der Waals surface area (Å²) in [7, 11) is 0. The average molecular weight is 639 g/mol. The monoisotopic (exact) mass is 638 g/mol. The van der Waals surface area contributed by atoms with E-state index < -0.39 is 77.0 Å². The molecule has 2 atom stereocenters. The maximum atomic E-state index is 14.1. The minimum absolute atomic E-state index is 0.0748. The molecule has 2 aromatic carbocycles. The number of carbonyl (C=O) groups is 4. The third-order valence-corrected chi connectivity index (χ3v) is 7.14. The van der Waals surface area contributed by atoms with Gasteiger partial charge < -0.3 is 26.1 Å². The molecule has 0 aliphatic heterocycles. The van der Waals surface area contributed by atoms with E-state index in [1.54, 1.807) is 30.5 Å². The number of nitrogens with one attached hydrogen (secondary N) is 3. The molecule has 0 saturated heterocycles. The Balaban J connectivity index is 1.79. The number of halogens is 5. The van der Waals surface area contributed by atoms with Gasteiger partial charge in [-0.1, -0.05) is 63.6 Å². The average Bonchev–Trinajstić information content (AvgIpc) is 3.42. The molecule has 0 unspecified atom stereocenters. The smallest absolute Gasteiger partial charge is 0.334 e. The molecule has 3 aromatic rings. The second-order valence-corrected chi connectivity index (χ2v) is 10.6. The Morgan fingerprint density at radius 2 is 1.42 bits per heavy atom. The summed E-state index contributed by atoms with van der Waals surface area (Å²) in [6.07, 6.45) is 7.43. The number of rotatable bonds is 17. The number of benzene rings is 2. The molecule has 1 heterocycles. The number of H-pyrrole nitrogens is 1. The van der Waals surface area contributed by atoms with Gasteiger partial charge in [-0.05, 0) is 18.1 Å². The number of esters is 1. The van der Waals surface area contributed by atoms with Crippen LogP contribution >= 0.6 is 0 Å². The number of nitrogens with two attached hydrogens (primary N) is 1. The standard InChI is InChI=1S/C31H35F5N4O5/c1-2-3-4-5-6-7-8-13-23(42)39-20(14-17-16-38-19-12-10-9-11-18(17)19)30(43)40-21(15-22(37)41)31(44)45-29-27(35)25(33)24(32)26(34)28(29)36/h9-12,16,20-21,38H,2-8,13-15H2,1H3,(H2,37,41)(H,39,42)(H,40,43)/t20-,21-/m0/s1. The predicted molar refractivity (Wildman–Crippen MR) is 154 cm³/mol. The zero-order valence-corrected chi connectivity index (χ0v) is 24.6. The Kier molecular flexibility index (Phi) is 12.9. The van der Waals surface area contributed by atoms with Crippen molar-refractivity contribution in [3.8, 4) is 5.75 Å². The molecular weight excluding hydrogens is 603 g/mol. The summed E-state index contributed by atoms with van der Waals surface area (Å²) in [5.41, 5.74) is 6.55. The molecule has 0 spiro atoms. The third kappa shape index (κ3) is 9.50. The van der Waals surface area contributed by atoms with Gasteiger partial charge in [0.15, 0.2) is 0 Å². The molecule has 0 fully saturated rings. The molecule has 0 saturated carbocycles. The predicted octanol–water partition coefficient (Wildman–Crippen LogP) is 5.00. The minimum atomic E-state index is -2.47. The van der Waals surface area contributed by atoms with Crippen LogP contribution in [0.1, 0.15) is 70.3 Å². The fourth-order valence-electron chi connectivity index (χ4n) is 4.75. The number of aromatic nitrogens is 1. The number of amides is 3. The van der Waals surface area contributed by atoms with Gasteiger partial charge in [0.05, 0.1) is 6.42 Å². The summed E-state index contributed by atoms with van der Waals surface area (Å²) in [6, 6.07) is 3.83. The molecule has 0 radical (unpaired) electrons. The molecule has 9 nitrogen and oxygen atoms in total. The number of hydrogen-bond donors (Lipinski definition) is 4. The number of aromatic amines is 1. The van der Waals surface area contributed by atoms with Crippen LogP contribution in [0.25, 0.3) is 10.9 Å². The van der Waals surface area contributed by atoms with E-state index >= 15 is 0 Å². The normalized spacial score (nSPS) is 12.5. The summed E-state index contributed by atoms with van der Waals surface area (Å²) in [5.74, 6) is -18.3. The Hall–Kier alpha value is -4.49. The Morgan fingerprint density at radius 3 is 2.07 bits per heavy atom. The van der Waals surface area contributed by atoms with Crippen LogP contribution in [-0.4, -0.2) is 40.8 Å². The van der Waals surface area contributed by atoms with Gasteiger partial charge in [0.2, 0.25) is 52.6 Å². The lowest BCUT2D eigenvalue weighted by Gasteiger charge is -2.22. The van der Waals surface area contributed by atoms with Crippen molar-refractivity contribution in [2.45, 2.75) is 83.2 Å². The quantitative estimate of drug-likeness (QED) is 0.0411. The SMILES string of the molecule is CCCCCCCCCC(=O)N[C@@H](Cc1c[nH]c2ccccc12)C(=O)N[C@@H](CC(N)=O)C(=O)Oc1c(F)c(F)c(F)c(F)c1F. The molecule has 45 heavy (non-hydrogen) atoms. The summed E-state index contributed by atoms with van der Waals surface area (Å²) in [5, 5.41) is 5.53. The van der Waals surface area contributed by atoms with E-state index in [-0.39, 0.29) is 12.8 Å². The van der Waals surface area contributed by atoms with Crippen LogP contribution in [-0.2, 0) is 25.6 Å². The lowest BCUT2D eigenvalue weighted by Crippen LogP contribution is -2.54. The van der Waals surface area contributed by atoms with E-state index in [2.05, 4.69) is 27.3 Å². The molecule has 0 bridgehead atoms. The molecule has 1 aromatic heterocycles. The number of para-hydroxylation sites is 1. The van der Waals surface area contributed by atoms with E-state index in [1.165, 1.54) is 0 Å². The van der Waals surface area contributed by atoms with Crippen molar-refractivity contribution in [2.75, 3.05) is 0 Å².